The van der Waals surface area contributed by atoms with Crippen molar-refractivity contribution in [3.8, 4) is 0 Å². The first kappa shape index (κ1) is 12.9. The zero-order valence-electron chi connectivity index (χ0n) is 11.5. The van der Waals surface area contributed by atoms with Gasteiger partial charge in [-0.25, -0.2) is 0 Å². The molecule has 2 rings (SSSR count). The third kappa shape index (κ3) is 3.01. The molecule has 1 heterocycles. The number of carbonyl (C=O) groups excluding carboxylic acids is 1. The first-order valence-corrected chi connectivity index (χ1v) is 7.00. The molecular weight excluding hydrogens is 212 g/mol. The summed E-state index contributed by atoms with van der Waals surface area (Å²) in [6, 6.07) is 0.563. The lowest BCUT2D eigenvalue weighted by molar-refractivity contribution is -0.134. The minimum absolute atomic E-state index is 0.0925. The molecule has 3 nitrogen and oxygen atoms in total. The molecule has 2 fully saturated rings. The third-order valence-electron chi connectivity index (χ3n) is 4.56. The molecule has 0 aromatic rings. The Morgan fingerprint density at radius 1 is 1.24 bits per heavy atom. The number of amides is 1. The molecule has 1 saturated heterocycles. The fourth-order valence-electron chi connectivity index (χ4n) is 3.09. The number of likely N-dealkylation sites (N-methyl/N-ethyl adjacent to an activating group) is 1. The molecule has 0 radical (unpaired) electrons. The van der Waals surface area contributed by atoms with Gasteiger partial charge >= 0.3 is 0 Å². The average molecular weight is 238 g/mol. The zero-order chi connectivity index (χ0) is 12.5. The molecule has 1 amide bonds. The lowest BCUT2D eigenvalue weighted by Crippen LogP contribution is -2.47. The van der Waals surface area contributed by atoms with E-state index in [4.69, 9.17) is 0 Å². The van der Waals surface area contributed by atoms with Crippen LogP contribution >= 0.6 is 0 Å². The molecule has 1 aliphatic carbocycles. The van der Waals surface area contributed by atoms with Crippen molar-refractivity contribution < 1.29 is 4.79 Å². The van der Waals surface area contributed by atoms with Crippen LogP contribution in [0.4, 0.5) is 0 Å². The van der Waals surface area contributed by atoms with E-state index in [0.29, 0.717) is 17.4 Å². The molecule has 0 aromatic carbocycles. The number of hydrogen-bond donors (Lipinski definition) is 1. The van der Waals surface area contributed by atoms with Crippen molar-refractivity contribution >= 4 is 5.91 Å². The number of hydrogen-bond acceptors (Lipinski definition) is 2. The Hall–Kier alpha value is -0.570. The maximum atomic E-state index is 12.3. The molecule has 0 aromatic heterocycles. The Balaban J connectivity index is 1.87. The van der Waals surface area contributed by atoms with Crippen molar-refractivity contribution in [2.45, 2.75) is 64.5 Å². The van der Waals surface area contributed by atoms with Gasteiger partial charge in [0, 0.05) is 13.1 Å². The lowest BCUT2D eigenvalue weighted by atomic mass is 9.75. The molecule has 0 spiro atoms. The van der Waals surface area contributed by atoms with Gasteiger partial charge < -0.3 is 10.2 Å². The smallest absolute Gasteiger partial charge is 0.239 e. The molecule has 1 atom stereocenters. The summed E-state index contributed by atoms with van der Waals surface area (Å²) in [5.41, 5.74) is 0.478. The standard InChI is InChI=1S/C14H26N2O/c1-14(2)8-6-11(7-9-14)16(3)13(17)12-5-4-10-15-12/h11-12,15H,4-10H2,1-3H3/t12-/m1/s1. The first-order chi connectivity index (χ1) is 7.99. The maximum Gasteiger partial charge on any atom is 0.239 e. The van der Waals surface area contributed by atoms with Crippen molar-refractivity contribution in [2.75, 3.05) is 13.6 Å². The Labute approximate surface area is 105 Å². The summed E-state index contributed by atoms with van der Waals surface area (Å²) in [4.78, 5) is 14.3. The molecule has 17 heavy (non-hydrogen) atoms. The summed E-state index contributed by atoms with van der Waals surface area (Å²) in [5.74, 6) is 0.312. The van der Waals surface area contributed by atoms with Crippen LogP contribution in [0.3, 0.4) is 0 Å². The monoisotopic (exact) mass is 238 g/mol. The molecule has 2 aliphatic rings. The van der Waals surface area contributed by atoms with Crippen LogP contribution in [0.1, 0.15) is 52.4 Å². The Morgan fingerprint density at radius 2 is 1.88 bits per heavy atom. The van der Waals surface area contributed by atoms with E-state index in [1.54, 1.807) is 0 Å². The number of nitrogens with one attached hydrogen (secondary N) is 1. The summed E-state index contributed by atoms with van der Waals surface area (Å²) < 4.78 is 0. The predicted molar refractivity (Wildman–Crippen MR) is 69.8 cm³/mol. The fourth-order valence-corrected chi connectivity index (χ4v) is 3.09. The van der Waals surface area contributed by atoms with Crippen molar-refractivity contribution in [2.24, 2.45) is 5.41 Å². The van der Waals surface area contributed by atoms with E-state index in [1.807, 2.05) is 11.9 Å². The lowest BCUT2D eigenvalue weighted by Gasteiger charge is -2.39. The third-order valence-corrected chi connectivity index (χ3v) is 4.56. The van der Waals surface area contributed by atoms with Crippen molar-refractivity contribution in [1.82, 2.24) is 10.2 Å². The van der Waals surface area contributed by atoms with Crippen molar-refractivity contribution in [3.05, 3.63) is 0 Å². The fraction of sp³-hybridized carbons (Fsp3) is 0.929. The molecule has 0 unspecified atom stereocenters. The normalized spacial score (nSPS) is 29.2. The average Bonchev–Trinajstić information content (AvgIpc) is 2.80. The first-order valence-electron chi connectivity index (χ1n) is 7.00. The second-order valence-electron chi connectivity index (χ2n) is 6.49. The molecule has 1 N–H and O–H groups in total. The van der Waals surface area contributed by atoms with Crippen LogP contribution in [-0.4, -0.2) is 36.5 Å². The van der Waals surface area contributed by atoms with Gasteiger partial charge in [0.2, 0.25) is 5.91 Å². The van der Waals surface area contributed by atoms with Crippen molar-refractivity contribution in [3.63, 3.8) is 0 Å². The van der Waals surface area contributed by atoms with E-state index in [-0.39, 0.29) is 6.04 Å². The van der Waals surface area contributed by atoms with Gasteiger partial charge in [-0.05, 0) is 50.5 Å². The molecule has 0 bridgehead atoms. The van der Waals surface area contributed by atoms with Crippen LogP contribution in [-0.2, 0) is 4.79 Å². The number of nitrogens with zero attached hydrogens (tertiary/aromatic N) is 1. The van der Waals surface area contributed by atoms with E-state index >= 15 is 0 Å². The van der Waals surface area contributed by atoms with E-state index in [2.05, 4.69) is 19.2 Å². The highest BCUT2D eigenvalue weighted by molar-refractivity contribution is 5.82. The van der Waals surface area contributed by atoms with Gasteiger partial charge in [0.1, 0.15) is 0 Å². The Morgan fingerprint density at radius 3 is 2.41 bits per heavy atom. The number of carbonyl (C=O) groups is 1. The molecule has 1 saturated carbocycles. The zero-order valence-corrected chi connectivity index (χ0v) is 11.5. The summed E-state index contributed by atoms with van der Waals surface area (Å²) in [7, 11) is 1.99. The quantitative estimate of drug-likeness (QED) is 0.799. The Bertz CT molecular complexity index is 272. The highest BCUT2D eigenvalue weighted by atomic mass is 16.2. The minimum atomic E-state index is 0.0925. The number of rotatable bonds is 2. The second-order valence-corrected chi connectivity index (χ2v) is 6.49. The van der Waals surface area contributed by atoms with Gasteiger partial charge in [0.15, 0.2) is 0 Å². The molecule has 3 heteroatoms. The summed E-state index contributed by atoms with van der Waals surface area (Å²) in [5, 5.41) is 3.30. The van der Waals surface area contributed by atoms with Crippen LogP contribution in [0.2, 0.25) is 0 Å². The molecule has 98 valence electrons. The van der Waals surface area contributed by atoms with Gasteiger partial charge in [-0.15, -0.1) is 0 Å². The topological polar surface area (TPSA) is 32.3 Å². The highest BCUT2D eigenvalue weighted by Crippen LogP contribution is 2.36. The summed E-state index contributed by atoms with van der Waals surface area (Å²) >= 11 is 0. The SMILES string of the molecule is CN(C(=O)[C@H]1CCCN1)C1CCC(C)(C)CC1. The second kappa shape index (κ2) is 4.97. The minimum Gasteiger partial charge on any atom is -0.341 e. The van der Waals surface area contributed by atoms with Gasteiger partial charge in [0.05, 0.1) is 6.04 Å². The summed E-state index contributed by atoms with van der Waals surface area (Å²) in [6.07, 6.45) is 6.98. The molecular formula is C14H26N2O. The highest BCUT2D eigenvalue weighted by Gasteiger charge is 2.33. The summed E-state index contributed by atoms with van der Waals surface area (Å²) in [6.45, 7) is 5.68. The predicted octanol–water partition coefficient (Wildman–Crippen LogP) is 2.17. The Kier molecular flexibility index (Phi) is 3.76. The maximum absolute atomic E-state index is 12.3. The van der Waals surface area contributed by atoms with Gasteiger partial charge in [-0.2, -0.15) is 0 Å². The van der Waals surface area contributed by atoms with E-state index in [0.717, 1.165) is 19.4 Å². The van der Waals surface area contributed by atoms with E-state index in [1.165, 1.54) is 25.7 Å². The van der Waals surface area contributed by atoms with Crippen molar-refractivity contribution in [1.29, 1.82) is 0 Å². The van der Waals surface area contributed by atoms with Crippen LogP contribution in [0.25, 0.3) is 0 Å². The van der Waals surface area contributed by atoms with E-state index < -0.39 is 0 Å². The van der Waals surface area contributed by atoms with Crippen LogP contribution in [0, 0.1) is 5.41 Å². The van der Waals surface area contributed by atoms with Gasteiger partial charge in [-0.1, -0.05) is 13.8 Å². The van der Waals surface area contributed by atoms with E-state index in [9.17, 15) is 4.79 Å². The molecule has 1 aliphatic heterocycles. The van der Waals surface area contributed by atoms with Gasteiger partial charge in [-0.3, -0.25) is 4.79 Å². The van der Waals surface area contributed by atoms with Crippen LogP contribution < -0.4 is 5.32 Å². The largest absolute Gasteiger partial charge is 0.341 e. The van der Waals surface area contributed by atoms with Crippen LogP contribution in [0.5, 0.6) is 0 Å². The van der Waals surface area contributed by atoms with Gasteiger partial charge in [0.25, 0.3) is 0 Å². The van der Waals surface area contributed by atoms with Crippen LogP contribution in [0.15, 0.2) is 0 Å².